The summed E-state index contributed by atoms with van der Waals surface area (Å²) in [5.41, 5.74) is 4.86. The van der Waals surface area contributed by atoms with Crippen molar-refractivity contribution < 1.29 is 9.53 Å². The summed E-state index contributed by atoms with van der Waals surface area (Å²) in [6.45, 7) is 10.5. The fraction of sp³-hybridized carbons (Fsp3) is 0.414. The van der Waals surface area contributed by atoms with E-state index in [1.807, 2.05) is 55.5 Å². The Bertz CT molecular complexity index is 1200. The number of halogens is 2. The van der Waals surface area contributed by atoms with Crippen LogP contribution in [-0.4, -0.2) is 61.8 Å². The number of hydrogen-bond acceptors (Lipinski definition) is 4. The van der Waals surface area contributed by atoms with Gasteiger partial charge in [-0.05, 0) is 81.3 Å². The van der Waals surface area contributed by atoms with Gasteiger partial charge in [-0.25, -0.2) is 0 Å². The van der Waals surface area contributed by atoms with Crippen molar-refractivity contribution in [1.82, 2.24) is 14.8 Å². The SMILES string of the molecule is CCn1c(-c2ccc(OC)cc2)cc(C(=O)NCCCCN2CCN(c3cccc(Cl)c3Cl)CC2)c1C. The molecule has 1 amide bonds. The molecular formula is C29H36Cl2N4O2. The van der Waals surface area contributed by atoms with Gasteiger partial charge in [0.25, 0.3) is 5.91 Å². The number of hydrogen-bond donors (Lipinski definition) is 1. The van der Waals surface area contributed by atoms with Crippen molar-refractivity contribution in [2.75, 3.05) is 51.3 Å². The number of methoxy groups -OCH3 is 1. The number of carbonyl (C=O) groups is 1. The third-order valence-electron chi connectivity index (χ3n) is 7.14. The molecule has 1 saturated heterocycles. The van der Waals surface area contributed by atoms with Gasteiger partial charge in [-0.15, -0.1) is 0 Å². The third kappa shape index (κ3) is 6.43. The number of aromatic nitrogens is 1. The number of nitrogens with zero attached hydrogens (tertiary/aromatic N) is 3. The predicted octanol–water partition coefficient (Wildman–Crippen LogP) is 6.13. The van der Waals surface area contributed by atoms with Crippen molar-refractivity contribution >= 4 is 34.8 Å². The standard InChI is InChI=1S/C29H36Cl2N4O2/c1-4-35-21(2)24(20-27(35)22-10-12-23(37-3)13-11-22)29(36)32-14-5-6-15-33-16-18-34(19-17-33)26-9-7-8-25(30)28(26)31/h7-13,20H,4-6,14-19H2,1-3H3,(H,32,36). The van der Waals surface area contributed by atoms with Gasteiger partial charge in [0, 0.05) is 50.7 Å². The van der Waals surface area contributed by atoms with E-state index in [1.54, 1.807) is 7.11 Å². The van der Waals surface area contributed by atoms with Gasteiger partial charge in [0.15, 0.2) is 0 Å². The van der Waals surface area contributed by atoms with E-state index >= 15 is 0 Å². The molecule has 0 saturated carbocycles. The van der Waals surface area contributed by atoms with Crippen LogP contribution in [0.3, 0.4) is 0 Å². The van der Waals surface area contributed by atoms with Gasteiger partial charge < -0.3 is 19.5 Å². The smallest absolute Gasteiger partial charge is 0.253 e. The molecule has 2 heterocycles. The highest BCUT2D eigenvalue weighted by molar-refractivity contribution is 6.43. The Morgan fingerprint density at radius 2 is 1.76 bits per heavy atom. The second-order valence-electron chi connectivity index (χ2n) is 9.37. The lowest BCUT2D eigenvalue weighted by Gasteiger charge is -2.36. The molecule has 3 aromatic rings. The lowest BCUT2D eigenvalue weighted by molar-refractivity contribution is 0.0951. The molecule has 37 heavy (non-hydrogen) atoms. The van der Waals surface area contributed by atoms with E-state index in [9.17, 15) is 4.79 Å². The minimum absolute atomic E-state index is 0.00789. The maximum atomic E-state index is 13.0. The van der Waals surface area contributed by atoms with Crippen molar-refractivity contribution in [3.63, 3.8) is 0 Å². The zero-order valence-corrected chi connectivity index (χ0v) is 23.4. The Labute approximate surface area is 230 Å². The van der Waals surface area contributed by atoms with E-state index in [2.05, 4.69) is 26.6 Å². The molecule has 1 aliphatic heterocycles. The topological polar surface area (TPSA) is 49.7 Å². The molecule has 1 fully saturated rings. The maximum Gasteiger partial charge on any atom is 0.253 e. The van der Waals surface area contributed by atoms with Crippen LogP contribution in [0.1, 0.15) is 35.8 Å². The summed E-state index contributed by atoms with van der Waals surface area (Å²) in [6, 6.07) is 15.8. The number of benzene rings is 2. The minimum atomic E-state index is -0.00789. The lowest BCUT2D eigenvalue weighted by atomic mass is 10.1. The number of carbonyl (C=O) groups excluding carboxylic acids is 1. The molecule has 8 heteroatoms. The zero-order chi connectivity index (χ0) is 26.4. The number of nitrogens with one attached hydrogen (secondary N) is 1. The van der Waals surface area contributed by atoms with Gasteiger partial charge >= 0.3 is 0 Å². The Kier molecular flexibility index (Phi) is 9.41. The Morgan fingerprint density at radius 3 is 2.43 bits per heavy atom. The van der Waals surface area contributed by atoms with Crippen molar-refractivity contribution in [3.8, 4) is 17.0 Å². The summed E-state index contributed by atoms with van der Waals surface area (Å²) < 4.78 is 7.46. The Hall–Kier alpha value is -2.67. The first kappa shape index (κ1) is 27.4. The highest BCUT2D eigenvalue weighted by Crippen LogP contribution is 2.33. The van der Waals surface area contributed by atoms with Gasteiger partial charge in [-0.3, -0.25) is 9.69 Å². The van der Waals surface area contributed by atoms with Crippen LogP contribution in [-0.2, 0) is 6.54 Å². The molecule has 2 aromatic carbocycles. The highest BCUT2D eigenvalue weighted by atomic mass is 35.5. The summed E-state index contributed by atoms with van der Waals surface area (Å²) in [5.74, 6) is 0.812. The normalized spacial score (nSPS) is 14.1. The number of rotatable bonds is 10. The van der Waals surface area contributed by atoms with E-state index in [0.29, 0.717) is 16.6 Å². The minimum Gasteiger partial charge on any atom is -0.497 e. The Balaban J connectivity index is 1.23. The van der Waals surface area contributed by atoms with E-state index < -0.39 is 0 Å². The van der Waals surface area contributed by atoms with Crippen molar-refractivity contribution in [3.05, 3.63) is 69.8 Å². The molecule has 0 radical (unpaired) electrons. The molecule has 0 spiro atoms. The third-order valence-corrected chi connectivity index (χ3v) is 7.95. The first-order valence-electron chi connectivity index (χ1n) is 13.0. The predicted molar refractivity (Wildman–Crippen MR) is 154 cm³/mol. The van der Waals surface area contributed by atoms with Crippen molar-refractivity contribution in [2.24, 2.45) is 0 Å². The van der Waals surface area contributed by atoms with Gasteiger partial charge in [-0.1, -0.05) is 29.3 Å². The van der Waals surface area contributed by atoms with Crippen LogP contribution >= 0.6 is 23.2 Å². The van der Waals surface area contributed by atoms with Gasteiger partial charge in [0.05, 0.1) is 28.4 Å². The molecule has 0 unspecified atom stereocenters. The van der Waals surface area contributed by atoms with E-state index in [4.69, 9.17) is 27.9 Å². The number of amides is 1. The maximum absolute atomic E-state index is 13.0. The number of piperazine rings is 1. The van der Waals surface area contributed by atoms with Crippen LogP contribution < -0.4 is 15.0 Å². The average Bonchev–Trinajstić information content (AvgIpc) is 3.26. The first-order chi connectivity index (χ1) is 17.9. The summed E-state index contributed by atoms with van der Waals surface area (Å²) in [5, 5.41) is 4.36. The van der Waals surface area contributed by atoms with Crippen molar-refractivity contribution in [1.29, 1.82) is 0 Å². The number of unbranched alkanes of at least 4 members (excludes halogenated alkanes) is 1. The molecule has 0 atom stereocenters. The summed E-state index contributed by atoms with van der Waals surface area (Å²) in [7, 11) is 1.66. The largest absolute Gasteiger partial charge is 0.497 e. The summed E-state index contributed by atoms with van der Waals surface area (Å²) in [6.07, 6.45) is 2.00. The summed E-state index contributed by atoms with van der Waals surface area (Å²) in [4.78, 5) is 17.8. The van der Waals surface area contributed by atoms with Gasteiger partial charge in [-0.2, -0.15) is 0 Å². The molecule has 198 valence electrons. The molecule has 4 rings (SSSR count). The average molecular weight is 544 g/mol. The van der Waals surface area contributed by atoms with Crippen LogP contribution in [0, 0.1) is 6.92 Å². The molecular weight excluding hydrogens is 507 g/mol. The van der Waals surface area contributed by atoms with Crippen LogP contribution in [0.4, 0.5) is 5.69 Å². The second-order valence-corrected chi connectivity index (χ2v) is 10.2. The fourth-order valence-corrected chi connectivity index (χ4v) is 5.41. The first-order valence-corrected chi connectivity index (χ1v) is 13.7. The number of ether oxygens (including phenoxy) is 1. The van der Waals surface area contributed by atoms with Gasteiger partial charge in [0.2, 0.25) is 0 Å². The molecule has 1 N–H and O–H groups in total. The summed E-state index contributed by atoms with van der Waals surface area (Å²) >= 11 is 12.6. The molecule has 6 nitrogen and oxygen atoms in total. The monoisotopic (exact) mass is 542 g/mol. The second kappa shape index (κ2) is 12.7. The van der Waals surface area contributed by atoms with E-state index in [1.165, 1.54) is 0 Å². The fourth-order valence-electron chi connectivity index (χ4n) is 4.99. The van der Waals surface area contributed by atoms with Crippen LogP contribution in [0.15, 0.2) is 48.5 Å². The number of anilines is 1. The van der Waals surface area contributed by atoms with Crippen LogP contribution in [0.2, 0.25) is 10.0 Å². The van der Waals surface area contributed by atoms with Gasteiger partial charge in [0.1, 0.15) is 5.75 Å². The van der Waals surface area contributed by atoms with Crippen LogP contribution in [0.25, 0.3) is 11.3 Å². The quantitative estimate of drug-likeness (QED) is 0.313. The van der Waals surface area contributed by atoms with Crippen molar-refractivity contribution in [2.45, 2.75) is 33.2 Å². The highest BCUT2D eigenvalue weighted by Gasteiger charge is 2.20. The molecule has 0 aliphatic carbocycles. The van der Waals surface area contributed by atoms with E-state index in [-0.39, 0.29) is 5.91 Å². The van der Waals surface area contributed by atoms with Crippen LogP contribution in [0.5, 0.6) is 5.75 Å². The molecule has 0 bridgehead atoms. The lowest BCUT2D eigenvalue weighted by Crippen LogP contribution is -2.46. The molecule has 1 aliphatic rings. The van der Waals surface area contributed by atoms with E-state index in [0.717, 1.165) is 86.1 Å². The zero-order valence-electron chi connectivity index (χ0n) is 21.9. The Morgan fingerprint density at radius 1 is 1.03 bits per heavy atom. The molecule has 1 aromatic heterocycles.